The van der Waals surface area contributed by atoms with E-state index in [4.69, 9.17) is 0 Å². The van der Waals surface area contributed by atoms with E-state index in [9.17, 15) is 9.59 Å². The number of aromatic nitrogens is 2. The van der Waals surface area contributed by atoms with Gasteiger partial charge in [-0.1, -0.05) is 18.2 Å². The third-order valence-electron chi connectivity index (χ3n) is 5.80. The highest BCUT2D eigenvalue weighted by atomic mass is 35.5. The normalized spacial score (nSPS) is 22.1. The largest absolute Gasteiger partial charge is 0.341 e. The molecule has 7 nitrogen and oxygen atoms in total. The molecule has 4 rings (SSSR count). The molecule has 1 aromatic carbocycles. The third kappa shape index (κ3) is 4.62. The van der Waals surface area contributed by atoms with Gasteiger partial charge in [0, 0.05) is 64.0 Å². The van der Waals surface area contributed by atoms with Crippen molar-refractivity contribution in [2.45, 2.75) is 12.3 Å². The molecule has 2 atom stereocenters. The molecule has 3 heterocycles. The van der Waals surface area contributed by atoms with E-state index in [-0.39, 0.29) is 36.1 Å². The topological polar surface area (TPSA) is 70.5 Å². The van der Waals surface area contributed by atoms with Gasteiger partial charge in [-0.25, -0.2) is 0 Å². The molecule has 1 N–H and O–H groups in total. The lowest BCUT2D eigenvalue weighted by atomic mass is 9.89. The van der Waals surface area contributed by atoms with Crippen LogP contribution in [0.15, 0.2) is 42.7 Å². The van der Waals surface area contributed by atoms with E-state index < -0.39 is 0 Å². The molecule has 0 radical (unpaired) electrons. The highest BCUT2D eigenvalue weighted by Crippen LogP contribution is 2.29. The van der Waals surface area contributed by atoms with Crippen molar-refractivity contribution in [2.75, 3.05) is 39.3 Å². The van der Waals surface area contributed by atoms with Crippen LogP contribution in [-0.4, -0.2) is 70.7 Å². The number of amides is 2. The quantitative estimate of drug-likeness (QED) is 0.822. The molecule has 8 heteroatoms. The van der Waals surface area contributed by atoms with Gasteiger partial charge in [0.05, 0.1) is 12.1 Å². The fourth-order valence-corrected chi connectivity index (χ4v) is 4.26. The van der Waals surface area contributed by atoms with E-state index in [0.29, 0.717) is 38.3 Å². The molecule has 2 aliphatic rings. The smallest absolute Gasteiger partial charge is 0.253 e. The van der Waals surface area contributed by atoms with Crippen LogP contribution in [0.5, 0.6) is 0 Å². The van der Waals surface area contributed by atoms with Gasteiger partial charge in [-0.15, -0.1) is 12.4 Å². The van der Waals surface area contributed by atoms with E-state index in [1.165, 1.54) is 0 Å². The lowest BCUT2D eigenvalue weighted by Crippen LogP contribution is -2.41. The monoisotopic (exact) mass is 417 g/mol. The molecule has 2 saturated heterocycles. The van der Waals surface area contributed by atoms with Gasteiger partial charge in [0.1, 0.15) is 0 Å². The average molecular weight is 418 g/mol. The number of nitrogens with zero attached hydrogens (tertiary/aromatic N) is 4. The van der Waals surface area contributed by atoms with E-state index in [1.54, 1.807) is 4.68 Å². The average Bonchev–Trinajstić information content (AvgIpc) is 3.30. The number of carbonyl (C=O) groups excluding carboxylic acids is 2. The van der Waals surface area contributed by atoms with Crippen molar-refractivity contribution in [2.24, 2.45) is 13.0 Å². The van der Waals surface area contributed by atoms with Crippen LogP contribution >= 0.6 is 12.4 Å². The summed E-state index contributed by atoms with van der Waals surface area (Å²) in [5.41, 5.74) is 1.82. The lowest BCUT2D eigenvalue weighted by molar-refractivity contribution is -0.135. The van der Waals surface area contributed by atoms with Crippen LogP contribution in [0.1, 0.15) is 28.3 Å². The first-order valence-electron chi connectivity index (χ1n) is 9.96. The van der Waals surface area contributed by atoms with E-state index in [2.05, 4.69) is 10.4 Å². The van der Waals surface area contributed by atoms with Crippen LogP contribution in [0.4, 0.5) is 0 Å². The summed E-state index contributed by atoms with van der Waals surface area (Å²) in [6, 6.07) is 9.37. The highest BCUT2D eigenvalue weighted by Gasteiger charge is 2.37. The molecule has 2 amide bonds. The number of nitrogens with one attached hydrogen (secondary N) is 1. The number of rotatable bonds is 3. The number of carbonyl (C=O) groups is 2. The minimum Gasteiger partial charge on any atom is -0.341 e. The van der Waals surface area contributed by atoms with Gasteiger partial charge in [-0.2, -0.15) is 5.10 Å². The minimum absolute atomic E-state index is 0. The summed E-state index contributed by atoms with van der Waals surface area (Å²) in [6.45, 7) is 4.06. The summed E-state index contributed by atoms with van der Waals surface area (Å²) in [6.07, 6.45) is 4.67. The van der Waals surface area contributed by atoms with E-state index >= 15 is 0 Å². The maximum atomic E-state index is 13.2. The predicted octanol–water partition coefficient (Wildman–Crippen LogP) is 1.52. The third-order valence-corrected chi connectivity index (χ3v) is 5.80. The molecule has 2 aliphatic heterocycles. The van der Waals surface area contributed by atoms with Crippen molar-refractivity contribution in [3.8, 4) is 0 Å². The Morgan fingerprint density at radius 2 is 1.76 bits per heavy atom. The second-order valence-corrected chi connectivity index (χ2v) is 7.66. The summed E-state index contributed by atoms with van der Waals surface area (Å²) in [7, 11) is 1.90. The van der Waals surface area contributed by atoms with Gasteiger partial charge < -0.3 is 15.1 Å². The summed E-state index contributed by atoms with van der Waals surface area (Å²) < 4.78 is 1.79. The maximum absolute atomic E-state index is 13.2. The number of halogens is 1. The Balaban J connectivity index is 0.00000240. The van der Waals surface area contributed by atoms with Crippen LogP contribution in [0, 0.1) is 5.92 Å². The number of benzene rings is 1. The maximum Gasteiger partial charge on any atom is 0.253 e. The van der Waals surface area contributed by atoms with Crippen LogP contribution in [-0.2, 0) is 11.8 Å². The Hall–Kier alpha value is -2.38. The molecule has 156 valence electrons. The Bertz CT molecular complexity index is 841. The summed E-state index contributed by atoms with van der Waals surface area (Å²) in [4.78, 5) is 29.8. The SMILES string of the molecule is Cl.Cn1cc([C@H]2CNC[C@@H]2C(=O)N2CCCN(C(=O)c3ccccc3)CC2)cn1. The molecule has 2 fully saturated rings. The Kier molecular flexibility index (Phi) is 6.92. The lowest BCUT2D eigenvalue weighted by Gasteiger charge is -2.26. The molecule has 29 heavy (non-hydrogen) atoms. The first-order valence-corrected chi connectivity index (χ1v) is 9.96. The molecular formula is C21H28ClN5O2. The Morgan fingerprint density at radius 1 is 1.03 bits per heavy atom. The second-order valence-electron chi connectivity index (χ2n) is 7.66. The van der Waals surface area contributed by atoms with Crippen LogP contribution in [0.2, 0.25) is 0 Å². The van der Waals surface area contributed by atoms with Crippen LogP contribution in [0.25, 0.3) is 0 Å². The van der Waals surface area contributed by atoms with Crippen molar-refractivity contribution < 1.29 is 9.59 Å². The highest BCUT2D eigenvalue weighted by molar-refractivity contribution is 5.94. The van der Waals surface area contributed by atoms with Crippen molar-refractivity contribution in [3.05, 3.63) is 53.9 Å². The van der Waals surface area contributed by atoms with Crippen LogP contribution < -0.4 is 5.32 Å². The molecule has 0 bridgehead atoms. The molecule has 2 aromatic rings. The van der Waals surface area contributed by atoms with Crippen molar-refractivity contribution in [1.82, 2.24) is 24.9 Å². The molecule has 0 aliphatic carbocycles. The fourth-order valence-electron chi connectivity index (χ4n) is 4.26. The Labute approximate surface area is 177 Å². The summed E-state index contributed by atoms with van der Waals surface area (Å²) in [5.74, 6) is 0.325. The number of hydrogen-bond acceptors (Lipinski definition) is 4. The van der Waals surface area contributed by atoms with Gasteiger partial charge in [0.2, 0.25) is 5.91 Å². The van der Waals surface area contributed by atoms with Gasteiger partial charge in [0.25, 0.3) is 5.91 Å². The van der Waals surface area contributed by atoms with Gasteiger partial charge in [0.15, 0.2) is 0 Å². The number of hydrogen-bond donors (Lipinski definition) is 1. The van der Waals surface area contributed by atoms with Crippen LogP contribution in [0.3, 0.4) is 0 Å². The second kappa shape index (κ2) is 9.41. The molecular weight excluding hydrogens is 390 g/mol. The first-order chi connectivity index (χ1) is 13.6. The van der Waals surface area contributed by atoms with Gasteiger partial charge >= 0.3 is 0 Å². The molecule has 0 unspecified atom stereocenters. The van der Waals surface area contributed by atoms with E-state index in [0.717, 1.165) is 18.5 Å². The zero-order chi connectivity index (χ0) is 19.5. The van der Waals surface area contributed by atoms with Crippen molar-refractivity contribution >= 4 is 24.2 Å². The van der Waals surface area contributed by atoms with Gasteiger partial charge in [-0.05, 0) is 24.1 Å². The first kappa shape index (κ1) is 21.3. The van der Waals surface area contributed by atoms with Crippen molar-refractivity contribution in [1.29, 1.82) is 0 Å². The standard InChI is InChI=1S/C21H27N5O2.ClH/c1-24-15-17(12-23-24)18-13-22-14-19(18)21(28)26-9-5-8-25(10-11-26)20(27)16-6-3-2-4-7-16;/h2-4,6-7,12,15,18-19,22H,5,8-11,13-14H2,1H3;1H/t18-,19+;/m1./s1. The van der Waals surface area contributed by atoms with Gasteiger partial charge in [-0.3, -0.25) is 14.3 Å². The minimum atomic E-state index is -0.0689. The predicted molar refractivity (Wildman–Crippen MR) is 113 cm³/mol. The van der Waals surface area contributed by atoms with E-state index in [1.807, 2.05) is 59.6 Å². The molecule has 0 spiro atoms. The fraction of sp³-hybridized carbons (Fsp3) is 0.476. The molecule has 1 aromatic heterocycles. The molecule has 0 saturated carbocycles. The zero-order valence-electron chi connectivity index (χ0n) is 16.7. The number of aryl methyl sites for hydroxylation is 1. The summed E-state index contributed by atoms with van der Waals surface area (Å²) in [5, 5.41) is 7.63. The zero-order valence-corrected chi connectivity index (χ0v) is 17.5. The Morgan fingerprint density at radius 3 is 2.48 bits per heavy atom. The summed E-state index contributed by atoms with van der Waals surface area (Å²) >= 11 is 0. The van der Waals surface area contributed by atoms with Crippen molar-refractivity contribution in [3.63, 3.8) is 0 Å².